The molecule has 0 aliphatic carbocycles. The zero-order valence-corrected chi connectivity index (χ0v) is 12.2. The summed E-state index contributed by atoms with van der Waals surface area (Å²) in [4.78, 5) is 0.260. The second kappa shape index (κ2) is 5.20. The molecule has 1 N–H and O–H groups in total. The van der Waals surface area contributed by atoms with E-state index in [0.717, 1.165) is 5.56 Å². The number of ether oxygens (including phenoxy) is 2. The van der Waals surface area contributed by atoms with Gasteiger partial charge in [0.05, 0.1) is 17.6 Å². The van der Waals surface area contributed by atoms with E-state index in [0.29, 0.717) is 6.61 Å². The molecule has 2 rings (SSSR count). The third-order valence-corrected chi connectivity index (χ3v) is 4.34. The maximum atomic E-state index is 12.1. The van der Waals surface area contributed by atoms with Crippen LogP contribution >= 0.6 is 0 Å². The standard InChI is InChI=1S/C13H19NO4S/c1-10-4-6-12(7-5-10)19(15,16)14-8-11-9-17-13(2,3)18-11/h4-7,11,14H,8-9H2,1-3H3/t11-/m0/s1. The third kappa shape index (κ3) is 3.76. The Kier molecular flexibility index (Phi) is 3.96. The minimum atomic E-state index is -3.49. The fraction of sp³-hybridized carbons (Fsp3) is 0.538. The molecule has 1 atom stereocenters. The molecule has 5 nitrogen and oxygen atoms in total. The van der Waals surface area contributed by atoms with Crippen molar-refractivity contribution in [3.05, 3.63) is 29.8 Å². The van der Waals surface area contributed by atoms with Crippen molar-refractivity contribution in [2.45, 2.75) is 37.6 Å². The smallest absolute Gasteiger partial charge is 0.240 e. The van der Waals surface area contributed by atoms with Gasteiger partial charge in [0.2, 0.25) is 10.0 Å². The van der Waals surface area contributed by atoms with Crippen molar-refractivity contribution in [3.63, 3.8) is 0 Å². The first-order chi connectivity index (χ1) is 8.78. The van der Waals surface area contributed by atoms with E-state index in [9.17, 15) is 8.42 Å². The van der Waals surface area contributed by atoms with E-state index >= 15 is 0 Å². The Labute approximate surface area is 114 Å². The Morgan fingerprint density at radius 3 is 2.47 bits per heavy atom. The lowest BCUT2D eigenvalue weighted by atomic mass is 10.2. The lowest BCUT2D eigenvalue weighted by Crippen LogP contribution is -2.34. The number of rotatable bonds is 4. The van der Waals surface area contributed by atoms with E-state index in [1.54, 1.807) is 24.3 Å². The maximum Gasteiger partial charge on any atom is 0.240 e. The minimum absolute atomic E-state index is 0.208. The van der Waals surface area contributed by atoms with Crippen LogP contribution < -0.4 is 4.72 Å². The summed E-state index contributed by atoms with van der Waals surface area (Å²) in [5, 5.41) is 0. The van der Waals surface area contributed by atoms with Crippen molar-refractivity contribution < 1.29 is 17.9 Å². The summed E-state index contributed by atoms with van der Waals surface area (Å²) in [5.74, 6) is -0.639. The Balaban J connectivity index is 1.97. The lowest BCUT2D eigenvalue weighted by Gasteiger charge is -2.17. The highest BCUT2D eigenvalue weighted by Crippen LogP contribution is 2.22. The van der Waals surface area contributed by atoms with Gasteiger partial charge in [-0.1, -0.05) is 17.7 Å². The van der Waals surface area contributed by atoms with Crippen molar-refractivity contribution >= 4 is 10.0 Å². The van der Waals surface area contributed by atoms with Gasteiger partial charge in [0.25, 0.3) is 0 Å². The molecule has 1 aromatic carbocycles. The first kappa shape index (κ1) is 14.5. The van der Waals surface area contributed by atoms with Crippen LogP contribution in [0.2, 0.25) is 0 Å². The van der Waals surface area contributed by atoms with E-state index in [2.05, 4.69) is 4.72 Å². The van der Waals surface area contributed by atoms with Gasteiger partial charge in [0, 0.05) is 6.54 Å². The summed E-state index contributed by atoms with van der Waals surface area (Å²) in [6.45, 7) is 6.13. The van der Waals surface area contributed by atoms with Crippen LogP contribution in [0.4, 0.5) is 0 Å². The maximum absolute atomic E-state index is 12.1. The van der Waals surface area contributed by atoms with Crippen molar-refractivity contribution in [1.82, 2.24) is 4.72 Å². The Hall–Kier alpha value is -0.950. The molecule has 0 saturated carbocycles. The Morgan fingerprint density at radius 1 is 1.32 bits per heavy atom. The summed E-state index contributed by atoms with van der Waals surface area (Å²) in [6.07, 6.45) is -0.254. The quantitative estimate of drug-likeness (QED) is 0.909. The van der Waals surface area contributed by atoms with Crippen LogP contribution in [-0.2, 0) is 19.5 Å². The molecule has 106 valence electrons. The molecule has 1 saturated heterocycles. The van der Waals surface area contributed by atoms with Gasteiger partial charge >= 0.3 is 0 Å². The number of benzene rings is 1. The van der Waals surface area contributed by atoms with Crippen molar-refractivity contribution in [1.29, 1.82) is 0 Å². The molecule has 0 spiro atoms. The molecule has 1 aliphatic rings. The summed E-state index contributed by atoms with van der Waals surface area (Å²) < 4.78 is 37.6. The van der Waals surface area contributed by atoms with Crippen LogP contribution in [0.1, 0.15) is 19.4 Å². The van der Waals surface area contributed by atoms with Crippen LogP contribution in [0.3, 0.4) is 0 Å². The molecule has 19 heavy (non-hydrogen) atoms. The molecule has 1 heterocycles. The van der Waals surface area contributed by atoms with Crippen molar-refractivity contribution in [2.75, 3.05) is 13.2 Å². The van der Waals surface area contributed by atoms with Gasteiger partial charge in [-0.05, 0) is 32.9 Å². The van der Waals surface area contributed by atoms with Gasteiger partial charge in [-0.15, -0.1) is 0 Å². The predicted molar refractivity (Wildman–Crippen MR) is 71.3 cm³/mol. The fourth-order valence-corrected chi connectivity index (χ4v) is 2.93. The highest BCUT2D eigenvalue weighted by Gasteiger charge is 2.33. The second-order valence-corrected chi connectivity index (χ2v) is 6.88. The molecular weight excluding hydrogens is 266 g/mol. The number of hydrogen-bond acceptors (Lipinski definition) is 4. The number of nitrogens with one attached hydrogen (secondary N) is 1. The predicted octanol–water partition coefficient (Wildman–Crippen LogP) is 1.42. The molecule has 1 aliphatic heterocycles. The Morgan fingerprint density at radius 2 is 1.95 bits per heavy atom. The summed E-state index contributed by atoms with van der Waals surface area (Å²) in [5.41, 5.74) is 1.02. The SMILES string of the molecule is Cc1ccc(S(=O)(=O)NC[C@H]2COC(C)(C)O2)cc1. The molecule has 0 amide bonds. The van der Waals surface area contributed by atoms with Gasteiger partial charge in [-0.25, -0.2) is 13.1 Å². The average molecular weight is 285 g/mol. The third-order valence-electron chi connectivity index (χ3n) is 2.90. The Bertz CT molecular complexity index is 536. The molecule has 1 aromatic rings. The number of aryl methyl sites for hydroxylation is 1. The molecule has 0 unspecified atom stereocenters. The summed E-state index contributed by atoms with van der Waals surface area (Å²) in [6, 6.07) is 6.72. The van der Waals surface area contributed by atoms with Gasteiger partial charge in [-0.2, -0.15) is 0 Å². The molecule has 1 fully saturated rings. The van der Waals surface area contributed by atoms with E-state index in [-0.39, 0.29) is 17.5 Å². The van der Waals surface area contributed by atoms with Crippen molar-refractivity contribution in [3.8, 4) is 0 Å². The van der Waals surface area contributed by atoms with Crippen LogP contribution in [-0.4, -0.2) is 33.5 Å². The number of hydrogen-bond donors (Lipinski definition) is 1. The molecule has 0 bridgehead atoms. The topological polar surface area (TPSA) is 64.6 Å². The monoisotopic (exact) mass is 285 g/mol. The molecule has 6 heteroatoms. The van der Waals surface area contributed by atoms with Crippen LogP contribution in [0.5, 0.6) is 0 Å². The molecule has 0 aromatic heterocycles. The zero-order valence-electron chi connectivity index (χ0n) is 11.3. The fourth-order valence-electron chi connectivity index (χ4n) is 1.87. The minimum Gasteiger partial charge on any atom is -0.348 e. The molecular formula is C13H19NO4S. The average Bonchev–Trinajstić information content (AvgIpc) is 2.67. The van der Waals surface area contributed by atoms with E-state index < -0.39 is 15.8 Å². The second-order valence-electron chi connectivity index (χ2n) is 5.12. The number of sulfonamides is 1. The lowest BCUT2D eigenvalue weighted by molar-refractivity contribution is -0.137. The van der Waals surface area contributed by atoms with Crippen molar-refractivity contribution in [2.24, 2.45) is 0 Å². The zero-order chi connectivity index (χ0) is 14.1. The highest BCUT2D eigenvalue weighted by molar-refractivity contribution is 7.89. The van der Waals surface area contributed by atoms with Gasteiger partial charge in [0.1, 0.15) is 0 Å². The van der Waals surface area contributed by atoms with Gasteiger partial charge in [0.15, 0.2) is 5.79 Å². The van der Waals surface area contributed by atoms with E-state index in [1.807, 2.05) is 20.8 Å². The van der Waals surface area contributed by atoms with Crippen LogP contribution in [0, 0.1) is 6.92 Å². The van der Waals surface area contributed by atoms with Gasteiger partial charge in [-0.3, -0.25) is 0 Å². The normalized spacial score (nSPS) is 22.6. The molecule has 0 radical (unpaired) electrons. The van der Waals surface area contributed by atoms with E-state index in [1.165, 1.54) is 0 Å². The highest BCUT2D eigenvalue weighted by atomic mass is 32.2. The first-order valence-electron chi connectivity index (χ1n) is 6.17. The van der Waals surface area contributed by atoms with Crippen LogP contribution in [0.15, 0.2) is 29.2 Å². The summed E-state index contributed by atoms with van der Waals surface area (Å²) >= 11 is 0. The van der Waals surface area contributed by atoms with Gasteiger partial charge < -0.3 is 9.47 Å². The van der Waals surface area contributed by atoms with E-state index in [4.69, 9.17) is 9.47 Å². The van der Waals surface area contributed by atoms with Crippen LogP contribution in [0.25, 0.3) is 0 Å². The first-order valence-corrected chi connectivity index (χ1v) is 7.65. The largest absolute Gasteiger partial charge is 0.348 e. The summed E-state index contributed by atoms with van der Waals surface area (Å²) in [7, 11) is -3.49.